The Hall–Kier alpha value is -1.35. The lowest BCUT2D eigenvalue weighted by Crippen LogP contribution is -2.25. The third-order valence-corrected chi connectivity index (χ3v) is 3.23. The summed E-state index contributed by atoms with van der Waals surface area (Å²) in [4.78, 5) is 12.0. The number of carbonyl (C=O) groups excluding carboxylic acids is 1. The molecule has 0 saturated carbocycles. The molecule has 0 bridgehead atoms. The van der Waals surface area contributed by atoms with E-state index in [9.17, 15) is 4.79 Å². The van der Waals surface area contributed by atoms with Crippen LogP contribution < -0.4 is 0 Å². The highest BCUT2D eigenvalue weighted by atomic mass is 16.6. The van der Waals surface area contributed by atoms with Gasteiger partial charge in [0.1, 0.15) is 0 Å². The smallest absolute Gasteiger partial charge is 0.345 e. The van der Waals surface area contributed by atoms with E-state index in [1.807, 2.05) is 30.3 Å². The zero-order valence-electron chi connectivity index (χ0n) is 10.9. The first-order chi connectivity index (χ1) is 8.79. The summed E-state index contributed by atoms with van der Waals surface area (Å²) in [5.41, 5.74) is 0.0787. The van der Waals surface area contributed by atoms with Crippen molar-refractivity contribution in [3.63, 3.8) is 0 Å². The molecule has 0 aliphatic carbocycles. The number of hydrogen-bond donors (Lipinski definition) is 0. The Kier molecular flexibility index (Phi) is 4.37. The molecule has 1 aromatic rings. The topological polar surface area (TPSA) is 38.8 Å². The van der Waals surface area contributed by atoms with Gasteiger partial charge in [0.05, 0.1) is 13.2 Å². The molecule has 98 valence electrons. The maximum atomic E-state index is 12.0. The van der Waals surface area contributed by atoms with E-state index in [-0.39, 0.29) is 5.97 Å². The van der Waals surface area contributed by atoms with Crippen LogP contribution in [0.4, 0.5) is 0 Å². The van der Waals surface area contributed by atoms with Crippen molar-refractivity contribution in [3.05, 3.63) is 35.9 Å². The lowest BCUT2D eigenvalue weighted by Gasteiger charge is -2.11. The lowest BCUT2D eigenvalue weighted by molar-refractivity contribution is -0.150. The first-order valence-electron chi connectivity index (χ1n) is 6.66. The van der Waals surface area contributed by atoms with Gasteiger partial charge in [-0.1, -0.05) is 56.5 Å². The Morgan fingerprint density at radius 2 is 2.00 bits per heavy atom. The highest BCUT2D eigenvalue weighted by molar-refractivity contribution is 5.84. The molecule has 18 heavy (non-hydrogen) atoms. The van der Waals surface area contributed by atoms with Gasteiger partial charge in [-0.3, -0.25) is 0 Å². The van der Waals surface area contributed by atoms with Crippen molar-refractivity contribution >= 4 is 5.97 Å². The van der Waals surface area contributed by atoms with E-state index in [0.29, 0.717) is 13.2 Å². The summed E-state index contributed by atoms with van der Waals surface area (Å²) >= 11 is 0. The van der Waals surface area contributed by atoms with Crippen LogP contribution in [-0.4, -0.2) is 19.2 Å². The zero-order chi connectivity index (χ0) is 12.8. The van der Waals surface area contributed by atoms with Gasteiger partial charge in [0.25, 0.3) is 0 Å². The molecule has 1 heterocycles. The van der Waals surface area contributed by atoms with Gasteiger partial charge in [-0.25, -0.2) is 4.79 Å². The Morgan fingerprint density at radius 1 is 1.28 bits per heavy atom. The molecule has 2 rings (SSSR count). The Balaban J connectivity index is 1.82. The van der Waals surface area contributed by atoms with Gasteiger partial charge in [-0.05, 0) is 12.0 Å². The Bertz CT molecular complexity index is 382. The van der Waals surface area contributed by atoms with E-state index in [0.717, 1.165) is 18.4 Å². The van der Waals surface area contributed by atoms with Crippen LogP contribution in [0, 0.1) is 0 Å². The predicted molar refractivity (Wildman–Crippen MR) is 69.2 cm³/mol. The number of rotatable bonds is 7. The Morgan fingerprint density at radius 3 is 2.61 bits per heavy atom. The molecule has 1 fully saturated rings. The average Bonchev–Trinajstić information content (AvgIpc) is 3.21. The second-order valence-corrected chi connectivity index (χ2v) is 4.68. The van der Waals surface area contributed by atoms with E-state index in [1.165, 1.54) is 12.8 Å². The molecule has 0 spiro atoms. The average molecular weight is 248 g/mol. The van der Waals surface area contributed by atoms with Crippen molar-refractivity contribution < 1.29 is 14.3 Å². The van der Waals surface area contributed by atoms with Crippen LogP contribution >= 0.6 is 0 Å². The van der Waals surface area contributed by atoms with Gasteiger partial charge in [0.2, 0.25) is 5.60 Å². The minimum Gasteiger partial charge on any atom is -0.463 e. The molecule has 1 aromatic carbocycles. The summed E-state index contributed by atoms with van der Waals surface area (Å²) in [6.45, 7) is 3.09. The van der Waals surface area contributed by atoms with E-state index in [1.54, 1.807) is 0 Å². The van der Waals surface area contributed by atoms with Crippen molar-refractivity contribution in [3.8, 4) is 0 Å². The molecule has 1 aliphatic heterocycles. The molecule has 1 saturated heterocycles. The third kappa shape index (κ3) is 2.91. The van der Waals surface area contributed by atoms with Gasteiger partial charge in [-0.2, -0.15) is 0 Å². The van der Waals surface area contributed by atoms with Crippen LogP contribution in [0.2, 0.25) is 0 Å². The fraction of sp³-hybridized carbons (Fsp3) is 0.533. The molecular formula is C15H20O3. The molecule has 1 atom stereocenters. The van der Waals surface area contributed by atoms with Gasteiger partial charge in [0, 0.05) is 0 Å². The summed E-state index contributed by atoms with van der Waals surface area (Å²) in [5, 5.41) is 0. The molecule has 0 radical (unpaired) electrons. The summed E-state index contributed by atoms with van der Waals surface area (Å²) in [5.74, 6) is -0.245. The first kappa shape index (κ1) is 13.1. The number of esters is 1. The summed E-state index contributed by atoms with van der Waals surface area (Å²) in [6.07, 6.45) is 4.43. The monoisotopic (exact) mass is 248 g/mol. The summed E-state index contributed by atoms with van der Waals surface area (Å²) in [6, 6.07) is 9.56. The highest BCUT2D eigenvalue weighted by Crippen LogP contribution is 2.39. The van der Waals surface area contributed by atoms with Crippen molar-refractivity contribution in [2.45, 2.75) is 38.2 Å². The van der Waals surface area contributed by atoms with E-state index in [4.69, 9.17) is 9.47 Å². The van der Waals surface area contributed by atoms with Gasteiger partial charge in [-0.15, -0.1) is 0 Å². The maximum Gasteiger partial charge on any atom is 0.345 e. The number of ether oxygens (including phenoxy) is 2. The molecular weight excluding hydrogens is 228 g/mol. The molecule has 1 aliphatic rings. The normalized spacial score (nSPS) is 21.6. The zero-order valence-corrected chi connectivity index (χ0v) is 10.9. The van der Waals surface area contributed by atoms with Gasteiger partial charge >= 0.3 is 5.97 Å². The van der Waals surface area contributed by atoms with Crippen molar-refractivity contribution in [1.29, 1.82) is 0 Å². The SMILES string of the molecule is CCCCCCOC(=O)C1(c2ccccc2)CO1. The number of epoxide rings is 1. The van der Waals surface area contributed by atoms with Crippen molar-refractivity contribution in [2.24, 2.45) is 0 Å². The van der Waals surface area contributed by atoms with Crippen LogP contribution in [-0.2, 0) is 19.9 Å². The van der Waals surface area contributed by atoms with Crippen LogP contribution in [0.25, 0.3) is 0 Å². The Labute approximate surface area is 108 Å². The number of hydrogen-bond acceptors (Lipinski definition) is 3. The molecule has 0 aromatic heterocycles. The minimum absolute atomic E-state index is 0.245. The van der Waals surface area contributed by atoms with E-state index >= 15 is 0 Å². The molecule has 0 N–H and O–H groups in total. The van der Waals surface area contributed by atoms with E-state index < -0.39 is 5.60 Å². The second-order valence-electron chi connectivity index (χ2n) is 4.68. The minimum atomic E-state index is -0.813. The third-order valence-electron chi connectivity index (χ3n) is 3.23. The highest BCUT2D eigenvalue weighted by Gasteiger charge is 2.55. The fourth-order valence-corrected chi connectivity index (χ4v) is 1.99. The standard InChI is InChI=1S/C15H20O3/c1-2-3-4-8-11-17-14(16)15(12-18-15)13-9-6-5-7-10-13/h5-7,9-10H,2-4,8,11-12H2,1H3. The molecule has 3 nitrogen and oxygen atoms in total. The number of benzene rings is 1. The lowest BCUT2D eigenvalue weighted by atomic mass is 10.0. The molecule has 3 heteroatoms. The van der Waals surface area contributed by atoms with Gasteiger partial charge < -0.3 is 9.47 Å². The number of carbonyl (C=O) groups is 1. The molecule has 1 unspecified atom stereocenters. The molecule has 0 amide bonds. The largest absolute Gasteiger partial charge is 0.463 e. The van der Waals surface area contributed by atoms with Gasteiger partial charge in [0.15, 0.2) is 0 Å². The van der Waals surface area contributed by atoms with Crippen LogP contribution in [0.15, 0.2) is 30.3 Å². The van der Waals surface area contributed by atoms with Crippen molar-refractivity contribution in [2.75, 3.05) is 13.2 Å². The fourth-order valence-electron chi connectivity index (χ4n) is 1.99. The van der Waals surface area contributed by atoms with Crippen molar-refractivity contribution in [1.82, 2.24) is 0 Å². The number of unbranched alkanes of at least 4 members (excludes halogenated alkanes) is 3. The quantitative estimate of drug-likeness (QED) is 0.423. The first-order valence-corrected chi connectivity index (χ1v) is 6.66. The summed E-state index contributed by atoms with van der Waals surface area (Å²) < 4.78 is 10.7. The van der Waals surface area contributed by atoms with Crippen LogP contribution in [0.5, 0.6) is 0 Å². The summed E-state index contributed by atoms with van der Waals surface area (Å²) in [7, 11) is 0. The second kappa shape index (κ2) is 6.01. The maximum absolute atomic E-state index is 12.0. The van der Waals surface area contributed by atoms with Crippen LogP contribution in [0.3, 0.4) is 0 Å². The van der Waals surface area contributed by atoms with Crippen LogP contribution in [0.1, 0.15) is 38.2 Å². The van der Waals surface area contributed by atoms with E-state index in [2.05, 4.69) is 6.92 Å². The predicted octanol–water partition coefficient (Wildman–Crippen LogP) is 3.04.